The Morgan fingerprint density at radius 3 is 2.63 bits per heavy atom. The average Bonchev–Trinajstić information content (AvgIpc) is 3.23. The number of hydrogen-bond donors (Lipinski definition) is 1. The predicted molar refractivity (Wildman–Crippen MR) is 82.2 cm³/mol. The van der Waals surface area contributed by atoms with E-state index < -0.39 is 0 Å². The van der Waals surface area contributed by atoms with Crippen LogP contribution in [0.4, 0.5) is 0 Å². The fraction of sp³-hybridized carbons (Fsp3) is 0.647. The first-order valence-corrected chi connectivity index (χ1v) is 7.86. The molecule has 106 valence electrons. The second kappa shape index (κ2) is 7.66. The van der Waals surface area contributed by atoms with Gasteiger partial charge >= 0.3 is 0 Å². The zero-order valence-corrected chi connectivity index (χ0v) is 12.5. The van der Waals surface area contributed by atoms with Gasteiger partial charge in [0.15, 0.2) is 0 Å². The van der Waals surface area contributed by atoms with E-state index in [1.165, 1.54) is 43.4 Å². The van der Waals surface area contributed by atoms with Gasteiger partial charge in [-0.1, -0.05) is 38.1 Å². The standard InChI is InChI=1S/C17H28N2/c1-3-10-18-13-15-6-5-7-16(12-15)14-19(11-4-2)17-8-9-17/h5-7,12,17-18H,3-4,8-11,13-14H2,1-2H3. The SMILES string of the molecule is CCCNCc1cccc(CN(CCC)C2CC2)c1. The first-order chi connectivity index (χ1) is 9.33. The van der Waals surface area contributed by atoms with E-state index in [1.54, 1.807) is 0 Å². The van der Waals surface area contributed by atoms with Crippen LogP contribution >= 0.6 is 0 Å². The van der Waals surface area contributed by atoms with E-state index in [4.69, 9.17) is 0 Å². The molecule has 1 N–H and O–H groups in total. The highest BCUT2D eigenvalue weighted by Gasteiger charge is 2.28. The molecule has 0 radical (unpaired) electrons. The second-order valence-corrected chi connectivity index (χ2v) is 5.70. The van der Waals surface area contributed by atoms with Crippen molar-refractivity contribution in [1.29, 1.82) is 0 Å². The molecule has 0 saturated heterocycles. The first kappa shape index (κ1) is 14.5. The summed E-state index contributed by atoms with van der Waals surface area (Å²) in [6.07, 6.45) is 5.26. The van der Waals surface area contributed by atoms with Gasteiger partial charge in [-0.25, -0.2) is 0 Å². The van der Waals surface area contributed by atoms with Crippen molar-refractivity contribution in [2.45, 2.75) is 58.7 Å². The number of nitrogens with one attached hydrogen (secondary N) is 1. The molecule has 0 spiro atoms. The van der Waals surface area contributed by atoms with Gasteiger partial charge in [-0.05, 0) is 49.9 Å². The molecule has 1 aromatic carbocycles. The van der Waals surface area contributed by atoms with E-state index in [0.29, 0.717) is 0 Å². The van der Waals surface area contributed by atoms with Crippen LogP contribution in [0.25, 0.3) is 0 Å². The van der Waals surface area contributed by atoms with Gasteiger partial charge in [0, 0.05) is 19.1 Å². The predicted octanol–water partition coefficient (Wildman–Crippen LogP) is 3.56. The minimum absolute atomic E-state index is 0.863. The molecule has 2 nitrogen and oxygen atoms in total. The third-order valence-electron chi connectivity index (χ3n) is 3.71. The maximum absolute atomic E-state index is 3.48. The normalized spacial score (nSPS) is 15.1. The molecule has 0 atom stereocenters. The molecule has 2 rings (SSSR count). The van der Waals surface area contributed by atoms with Crippen molar-refractivity contribution in [3.05, 3.63) is 35.4 Å². The highest BCUT2D eigenvalue weighted by Crippen LogP contribution is 2.28. The molecule has 1 saturated carbocycles. The Kier molecular flexibility index (Phi) is 5.87. The molecular weight excluding hydrogens is 232 g/mol. The highest BCUT2D eigenvalue weighted by molar-refractivity contribution is 5.23. The fourth-order valence-electron chi connectivity index (χ4n) is 2.60. The molecule has 0 unspecified atom stereocenters. The van der Waals surface area contributed by atoms with Gasteiger partial charge in [0.05, 0.1) is 0 Å². The van der Waals surface area contributed by atoms with Crippen molar-refractivity contribution in [2.75, 3.05) is 13.1 Å². The van der Waals surface area contributed by atoms with Crippen molar-refractivity contribution >= 4 is 0 Å². The van der Waals surface area contributed by atoms with Gasteiger partial charge < -0.3 is 5.32 Å². The lowest BCUT2D eigenvalue weighted by Gasteiger charge is -2.21. The smallest absolute Gasteiger partial charge is 0.0236 e. The Bertz CT molecular complexity index is 371. The van der Waals surface area contributed by atoms with Crippen LogP contribution in [-0.2, 0) is 13.1 Å². The van der Waals surface area contributed by atoms with Crippen molar-refractivity contribution in [3.8, 4) is 0 Å². The summed E-state index contributed by atoms with van der Waals surface area (Å²) in [6.45, 7) is 8.96. The molecule has 0 amide bonds. The summed E-state index contributed by atoms with van der Waals surface area (Å²) in [5.41, 5.74) is 2.88. The van der Waals surface area contributed by atoms with Crippen LogP contribution in [0.5, 0.6) is 0 Å². The molecule has 1 aliphatic rings. The van der Waals surface area contributed by atoms with E-state index in [1.807, 2.05) is 0 Å². The molecule has 0 heterocycles. The van der Waals surface area contributed by atoms with Gasteiger partial charge in [0.1, 0.15) is 0 Å². The number of rotatable bonds is 9. The summed E-state index contributed by atoms with van der Waals surface area (Å²) in [6, 6.07) is 9.94. The van der Waals surface area contributed by atoms with Crippen molar-refractivity contribution in [3.63, 3.8) is 0 Å². The maximum Gasteiger partial charge on any atom is 0.0236 e. The Hall–Kier alpha value is -0.860. The topological polar surface area (TPSA) is 15.3 Å². The lowest BCUT2D eigenvalue weighted by atomic mass is 10.1. The molecule has 0 aliphatic heterocycles. The summed E-state index contributed by atoms with van der Waals surface area (Å²) < 4.78 is 0. The minimum atomic E-state index is 0.863. The Labute approximate surface area is 118 Å². The highest BCUT2D eigenvalue weighted by atomic mass is 15.2. The summed E-state index contributed by atoms with van der Waals surface area (Å²) in [5.74, 6) is 0. The van der Waals surface area contributed by atoms with Crippen LogP contribution in [-0.4, -0.2) is 24.0 Å². The van der Waals surface area contributed by atoms with E-state index >= 15 is 0 Å². The van der Waals surface area contributed by atoms with Crippen LogP contribution in [0.3, 0.4) is 0 Å². The van der Waals surface area contributed by atoms with E-state index in [9.17, 15) is 0 Å². The molecule has 0 bridgehead atoms. The maximum atomic E-state index is 3.48. The largest absolute Gasteiger partial charge is 0.313 e. The van der Waals surface area contributed by atoms with Crippen molar-refractivity contribution < 1.29 is 0 Å². The molecule has 19 heavy (non-hydrogen) atoms. The van der Waals surface area contributed by atoms with Gasteiger partial charge in [-0.3, -0.25) is 4.90 Å². The number of nitrogens with zero attached hydrogens (tertiary/aromatic N) is 1. The monoisotopic (exact) mass is 260 g/mol. The van der Waals surface area contributed by atoms with Gasteiger partial charge in [0.2, 0.25) is 0 Å². The summed E-state index contributed by atoms with van der Waals surface area (Å²) in [7, 11) is 0. The molecule has 1 fully saturated rings. The lowest BCUT2D eigenvalue weighted by Crippen LogP contribution is -2.26. The van der Waals surface area contributed by atoms with E-state index in [-0.39, 0.29) is 0 Å². The summed E-state index contributed by atoms with van der Waals surface area (Å²) in [5, 5.41) is 3.48. The van der Waals surface area contributed by atoms with E-state index in [2.05, 4.69) is 48.3 Å². The van der Waals surface area contributed by atoms with Gasteiger partial charge in [-0.2, -0.15) is 0 Å². The van der Waals surface area contributed by atoms with Crippen LogP contribution < -0.4 is 5.32 Å². The van der Waals surface area contributed by atoms with Crippen molar-refractivity contribution in [1.82, 2.24) is 10.2 Å². The third kappa shape index (κ3) is 4.96. The zero-order valence-electron chi connectivity index (χ0n) is 12.5. The number of benzene rings is 1. The third-order valence-corrected chi connectivity index (χ3v) is 3.71. The Morgan fingerprint density at radius 2 is 1.95 bits per heavy atom. The first-order valence-electron chi connectivity index (χ1n) is 7.86. The molecule has 1 aromatic rings. The Balaban J connectivity index is 1.89. The fourth-order valence-corrected chi connectivity index (χ4v) is 2.60. The second-order valence-electron chi connectivity index (χ2n) is 5.70. The summed E-state index contributed by atoms with van der Waals surface area (Å²) in [4.78, 5) is 2.65. The average molecular weight is 260 g/mol. The van der Waals surface area contributed by atoms with Crippen molar-refractivity contribution in [2.24, 2.45) is 0 Å². The van der Waals surface area contributed by atoms with E-state index in [0.717, 1.165) is 25.7 Å². The van der Waals surface area contributed by atoms with Gasteiger partial charge in [0.25, 0.3) is 0 Å². The van der Waals surface area contributed by atoms with Crippen LogP contribution in [0.2, 0.25) is 0 Å². The molecule has 1 aliphatic carbocycles. The molecule has 0 aromatic heterocycles. The zero-order chi connectivity index (χ0) is 13.5. The quantitative estimate of drug-likeness (QED) is 0.683. The lowest BCUT2D eigenvalue weighted by molar-refractivity contribution is 0.255. The van der Waals surface area contributed by atoms with Gasteiger partial charge in [-0.15, -0.1) is 0 Å². The minimum Gasteiger partial charge on any atom is -0.313 e. The van der Waals surface area contributed by atoms with Crippen LogP contribution in [0, 0.1) is 0 Å². The molecule has 2 heteroatoms. The Morgan fingerprint density at radius 1 is 1.16 bits per heavy atom. The summed E-state index contributed by atoms with van der Waals surface area (Å²) >= 11 is 0. The van der Waals surface area contributed by atoms with Crippen LogP contribution in [0.1, 0.15) is 50.7 Å². The van der Waals surface area contributed by atoms with Crippen LogP contribution in [0.15, 0.2) is 24.3 Å². The molecular formula is C17H28N2. The number of hydrogen-bond acceptors (Lipinski definition) is 2.